The molecule has 1 aliphatic heterocycles. The summed E-state index contributed by atoms with van der Waals surface area (Å²) in [7, 11) is 0. The van der Waals surface area contributed by atoms with Crippen LogP contribution in [0.5, 0.6) is 0 Å². The average Bonchev–Trinajstić information content (AvgIpc) is 3.46. The van der Waals surface area contributed by atoms with Gasteiger partial charge in [-0.2, -0.15) is 0 Å². The van der Waals surface area contributed by atoms with Gasteiger partial charge in [-0.15, -0.1) is 0 Å². The van der Waals surface area contributed by atoms with Crippen LogP contribution in [0, 0.1) is 18.8 Å². The first-order chi connectivity index (χ1) is 13.7. The fourth-order valence-electron chi connectivity index (χ4n) is 4.53. The molecule has 2 aromatic heterocycles. The van der Waals surface area contributed by atoms with E-state index in [2.05, 4.69) is 57.6 Å². The van der Waals surface area contributed by atoms with Crippen LogP contribution in [0.3, 0.4) is 0 Å². The minimum atomic E-state index is 0.356. The van der Waals surface area contributed by atoms with Gasteiger partial charge in [0.25, 0.3) is 0 Å². The van der Waals surface area contributed by atoms with Crippen molar-refractivity contribution in [1.29, 1.82) is 0 Å². The van der Waals surface area contributed by atoms with E-state index in [1.807, 2.05) is 12.4 Å². The standard InChI is InChI=1S/C24H27N3O/c1-17-22(8-9-23-25-12-15-27(17)23)20-4-2-18(3-5-20)16-19-10-13-26(14-11-19)24(28)21-6-7-21/h2-5,8-9,12,15,19,21H,6-7,10-11,13-14,16H2,1H3. The number of imidazole rings is 1. The molecular formula is C24H27N3O. The molecule has 2 aliphatic rings. The summed E-state index contributed by atoms with van der Waals surface area (Å²) in [5.74, 6) is 1.46. The Labute approximate surface area is 166 Å². The van der Waals surface area contributed by atoms with E-state index in [1.54, 1.807) is 0 Å². The van der Waals surface area contributed by atoms with Gasteiger partial charge >= 0.3 is 0 Å². The number of hydrogen-bond acceptors (Lipinski definition) is 2. The van der Waals surface area contributed by atoms with Crippen molar-refractivity contribution >= 4 is 11.6 Å². The number of hydrogen-bond donors (Lipinski definition) is 0. The second-order valence-corrected chi connectivity index (χ2v) is 8.43. The third kappa shape index (κ3) is 3.32. The maximum atomic E-state index is 12.2. The zero-order valence-corrected chi connectivity index (χ0v) is 16.5. The van der Waals surface area contributed by atoms with Gasteiger partial charge in [0, 0.05) is 42.7 Å². The van der Waals surface area contributed by atoms with Gasteiger partial charge in [0.05, 0.1) is 0 Å². The number of pyridine rings is 1. The molecule has 1 amide bonds. The molecule has 0 N–H and O–H groups in total. The van der Waals surface area contributed by atoms with Crippen LogP contribution in [0.25, 0.3) is 16.8 Å². The molecular weight excluding hydrogens is 346 g/mol. The topological polar surface area (TPSA) is 37.6 Å². The molecule has 0 radical (unpaired) electrons. The smallest absolute Gasteiger partial charge is 0.225 e. The van der Waals surface area contributed by atoms with Crippen LogP contribution < -0.4 is 0 Å². The largest absolute Gasteiger partial charge is 0.342 e. The lowest BCUT2D eigenvalue weighted by molar-refractivity contribution is -0.133. The van der Waals surface area contributed by atoms with Crippen molar-refractivity contribution in [3.8, 4) is 11.1 Å². The van der Waals surface area contributed by atoms with Crippen molar-refractivity contribution in [3.63, 3.8) is 0 Å². The number of carbonyl (C=O) groups is 1. The van der Waals surface area contributed by atoms with Gasteiger partial charge in [-0.3, -0.25) is 4.79 Å². The van der Waals surface area contributed by atoms with E-state index in [1.165, 1.54) is 22.4 Å². The van der Waals surface area contributed by atoms with Crippen LogP contribution in [0.1, 0.15) is 36.9 Å². The Morgan fingerprint density at radius 3 is 2.50 bits per heavy atom. The van der Waals surface area contributed by atoms with Crippen molar-refractivity contribution in [2.24, 2.45) is 11.8 Å². The fraction of sp³-hybridized carbons (Fsp3) is 0.417. The predicted molar refractivity (Wildman–Crippen MR) is 111 cm³/mol. The molecule has 4 heteroatoms. The first-order valence-corrected chi connectivity index (χ1v) is 10.5. The zero-order chi connectivity index (χ0) is 19.1. The number of likely N-dealkylation sites (tertiary alicyclic amines) is 1. The lowest BCUT2D eigenvalue weighted by Crippen LogP contribution is -2.39. The fourth-order valence-corrected chi connectivity index (χ4v) is 4.53. The normalized spacial score (nSPS) is 18.0. The van der Waals surface area contributed by atoms with E-state index < -0.39 is 0 Å². The van der Waals surface area contributed by atoms with Gasteiger partial charge in [0.15, 0.2) is 0 Å². The van der Waals surface area contributed by atoms with E-state index in [0.717, 1.165) is 50.8 Å². The summed E-state index contributed by atoms with van der Waals surface area (Å²) in [4.78, 5) is 18.7. The van der Waals surface area contributed by atoms with Gasteiger partial charge in [-0.1, -0.05) is 24.3 Å². The maximum absolute atomic E-state index is 12.2. The molecule has 0 unspecified atom stereocenters. The van der Waals surface area contributed by atoms with Crippen LogP contribution in [0.2, 0.25) is 0 Å². The molecule has 1 saturated carbocycles. The first kappa shape index (κ1) is 17.5. The van der Waals surface area contributed by atoms with Crippen molar-refractivity contribution < 1.29 is 4.79 Å². The third-order valence-electron chi connectivity index (χ3n) is 6.46. The quantitative estimate of drug-likeness (QED) is 0.675. The highest BCUT2D eigenvalue weighted by molar-refractivity contribution is 5.81. The minimum absolute atomic E-state index is 0.356. The van der Waals surface area contributed by atoms with Gasteiger partial charge < -0.3 is 9.30 Å². The Morgan fingerprint density at radius 1 is 1.04 bits per heavy atom. The van der Waals surface area contributed by atoms with Crippen LogP contribution >= 0.6 is 0 Å². The van der Waals surface area contributed by atoms with Crippen LogP contribution in [-0.2, 0) is 11.2 Å². The Balaban J connectivity index is 1.24. The summed E-state index contributed by atoms with van der Waals surface area (Å²) < 4.78 is 2.14. The average molecular weight is 373 g/mol. The maximum Gasteiger partial charge on any atom is 0.225 e. The molecule has 144 valence electrons. The number of aromatic nitrogens is 2. The van der Waals surface area contributed by atoms with Crippen LogP contribution in [0.4, 0.5) is 0 Å². The summed E-state index contributed by atoms with van der Waals surface area (Å²) in [5.41, 5.74) is 6.11. The lowest BCUT2D eigenvalue weighted by Gasteiger charge is -2.32. The molecule has 3 aromatic rings. The van der Waals surface area contributed by atoms with Crippen LogP contribution in [-0.4, -0.2) is 33.3 Å². The van der Waals surface area contributed by atoms with Crippen molar-refractivity contribution in [3.05, 3.63) is 60.0 Å². The summed E-state index contributed by atoms with van der Waals surface area (Å²) in [6.07, 6.45) is 9.47. The Morgan fingerprint density at radius 2 is 1.79 bits per heavy atom. The highest BCUT2D eigenvalue weighted by Gasteiger charge is 2.34. The Bertz CT molecular complexity index is 992. The molecule has 1 aromatic carbocycles. The van der Waals surface area contributed by atoms with E-state index in [4.69, 9.17) is 0 Å². The minimum Gasteiger partial charge on any atom is -0.342 e. The third-order valence-corrected chi connectivity index (χ3v) is 6.46. The number of fused-ring (bicyclic) bond motifs is 1. The molecule has 0 spiro atoms. The monoisotopic (exact) mass is 373 g/mol. The number of piperidine rings is 1. The van der Waals surface area contributed by atoms with Gasteiger partial charge in [0.2, 0.25) is 5.91 Å². The van der Waals surface area contributed by atoms with Crippen molar-refractivity contribution in [2.45, 2.75) is 39.0 Å². The number of aryl methyl sites for hydroxylation is 1. The summed E-state index contributed by atoms with van der Waals surface area (Å²) in [5, 5.41) is 0. The number of rotatable bonds is 4. The van der Waals surface area contributed by atoms with Crippen molar-refractivity contribution in [1.82, 2.24) is 14.3 Å². The molecule has 1 aliphatic carbocycles. The number of carbonyl (C=O) groups excluding carboxylic acids is 1. The molecule has 5 rings (SSSR count). The second kappa shape index (κ2) is 7.08. The lowest BCUT2D eigenvalue weighted by atomic mass is 9.89. The van der Waals surface area contributed by atoms with Crippen molar-refractivity contribution in [2.75, 3.05) is 13.1 Å². The molecule has 4 nitrogen and oxygen atoms in total. The molecule has 28 heavy (non-hydrogen) atoms. The molecule has 3 heterocycles. The van der Waals surface area contributed by atoms with Gasteiger partial charge in [-0.25, -0.2) is 4.98 Å². The highest BCUT2D eigenvalue weighted by Crippen LogP contribution is 2.33. The highest BCUT2D eigenvalue weighted by atomic mass is 16.2. The number of benzene rings is 1. The predicted octanol–water partition coefficient (Wildman–Crippen LogP) is 4.50. The van der Waals surface area contributed by atoms with E-state index >= 15 is 0 Å². The Hall–Kier alpha value is -2.62. The summed E-state index contributed by atoms with van der Waals surface area (Å²) >= 11 is 0. The van der Waals surface area contributed by atoms with E-state index in [9.17, 15) is 4.79 Å². The Kier molecular flexibility index (Phi) is 4.42. The first-order valence-electron chi connectivity index (χ1n) is 10.5. The molecule has 0 bridgehead atoms. The van der Waals surface area contributed by atoms with Crippen LogP contribution in [0.15, 0.2) is 48.8 Å². The number of nitrogens with zero attached hydrogens (tertiary/aromatic N) is 3. The SMILES string of the molecule is Cc1c(-c2ccc(CC3CCN(C(=O)C4CC4)CC3)cc2)ccc2nccn12. The zero-order valence-electron chi connectivity index (χ0n) is 16.5. The molecule has 0 atom stereocenters. The summed E-state index contributed by atoms with van der Waals surface area (Å²) in [6.45, 7) is 4.04. The van der Waals surface area contributed by atoms with E-state index in [0.29, 0.717) is 17.7 Å². The van der Waals surface area contributed by atoms with E-state index in [-0.39, 0.29) is 0 Å². The molecule has 1 saturated heterocycles. The number of amides is 1. The second-order valence-electron chi connectivity index (χ2n) is 8.43. The molecule has 2 fully saturated rings. The van der Waals surface area contributed by atoms with Gasteiger partial charge in [0.1, 0.15) is 5.65 Å². The summed E-state index contributed by atoms with van der Waals surface area (Å²) in [6, 6.07) is 13.3. The van der Waals surface area contributed by atoms with Gasteiger partial charge in [-0.05, 0) is 68.2 Å².